The van der Waals surface area contributed by atoms with E-state index < -0.39 is 0 Å². The number of rotatable bonds is 7. The molecule has 2 amide bonds. The molecule has 1 aromatic rings. The number of anilines is 1. The summed E-state index contributed by atoms with van der Waals surface area (Å²) in [5.41, 5.74) is 4.08. The summed E-state index contributed by atoms with van der Waals surface area (Å²) in [5, 5.41) is 5.64. The highest BCUT2D eigenvalue weighted by Crippen LogP contribution is 2.24. The molecule has 1 aliphatic carbocycles. The summed E-state index contributed by atoms with van der Waals surface area (Å²) in [5.74, 6) is 0.413. The minimum absolute atomic E-state index is 0.00284. The molecule has 1 saturated carbocycles. The smallest absolute Gasteiger partial charge is 0.243 e. The molecule has 0 aromatic heterocycles. The van der Waals surface area contributed by atoms with Crippen LogP contribution in [0.15, 0.2) is 12.1 Å². The highest BCUT2D eigenvalue weighted by atomic mass is 16.2. The average Bonchev–Trinajstić information content (AvgIpc) is 2.57. The summed E-state index contributed by atoms with van der Waals surface area (Å²) in [6, 6.07) is 4.09. The van der Waals surface area contributed by atoms with E-state index in [9.17, 15) is 9.59 Å². The van der Waals surface area contributed by atoms with Crippen LogP contribution in [-0.4, -0.2) is 43.4 Å². The van der Waals surface area contributed by atoms with Gasteiger partial charge in [-0.2, -0.15) is 0 Å². The Hall–Kier alpha value is -1.88. The van der Waals surface area contributed by atoms with E-state index in [0.29, 0.717) is 12.5 Å². The molecular formula is C21H33N3O2. The van der Waals surface area contributed by atoms with Crippen molar-refractivity contribution in [1.29, 1.82) is 0 Å². The zero-order valence-corrected chi connectivity index (χ0v) is 16.7. The Morgan fingerprint density at radius 3 is 2.27 bits per heavy atom. The number of hydrogen-bond acceptors (Lipinski definition) is 3. The number of likely N-dealkylation sites (N-methyl/N-ethyl adjacent to an activating group) is 1. The molecule has 144 valence electrons. The monoisotopic (exact) mass is 359 g/mol. The molecular weight excluding hydrogens is 326 g/mol. The van der Waals surface area contributed by atoms with Crippen LogP contribution >= 0.6 is 0 Å². The molecule has 2 N–H and O–H groups in total. The van der Waals surface area contributed by atoms with E-state index in [1.165, 1.54) is 37.7 Å². The van der Waals surface area contributed by atoms with Crippen molar-refractivity contribution in [1.82, 2.24) is 10.2 Å². The van der Waals surface area contributed by atoms with E-state index >= 15 is 0 Å². The summed E-state index contributed by atoms with van der Waals surface area (Å²) in [4.78, 5) is 26.3. The molecule has 1 aliphatic rings. The summed E-state index contributed by atoms with van der Waals surface area (Å²) in [6.45, 7) is 7.30. The van der Waals surface area contributed by atoms with Crippen LogP contribution in [0.1, 0.15) is 48.8 Å². The van der Waals surface area contributed by atoms with Gasteiger partial charge in [-0.15, -0.1) is 0 Å². The first-order valence-electron chi connectivity index (χ1n) is 9.68. The molecule has 0 spiro atoms. The lowest BCUT2D eigenvalue weighted by atomic mass is 9.89. The summed E-state index contributed by atoms with van der Waals surface area (Å²) in [6.07, 6.45) is 6.49. The Labute approximate surface area is 157 Å². The summed E-state index contributed by atoms with van der Waals surface area (Å²) >= 11 is 0. The lowest BCUT2D eigenvalue weighted by Crippen LogP contribution is -2.40. The fraction of sp³-hybridized carbons (Fsp3) is 0.619. The maximum atomic E-state index is 12.2. The van der Waals surface area contributed by atoms with E-state index in [1.54, 1.807) is 0 Å². The average molecular weight is 360 g/mol. The van der Waals surface area contributed by atoms with E-state index in [-0.39, 0.29) is 18.4 Å². The van der Waals surface area contributed by atoms with Crippen LogP contribution in [0, 0.1) is 26.7 Å². The molecule has 5 nitrogen and oxygen atoms in total. The third-order valence-electron chi connectivity index (χ3n) is 5.10. The topological polar surface area (TPSA) is 61.4 Å². The lowest BCUT2D eigenvalue weighted by molar-refractivity contribution is -0.124. The molecule has 0 aliphatic heterocycles. The first-order valence-corrected chi connectivity index (χ1v) is 9.68. The molecule has 0 radical (unpaired) electrons. The van der Waals surface area contributed by atoms with Crippen molar-refractivity contribution in [2.75, 3.05) is 32.0 Å². The maximum Gasteiger partial charge on any atom is 0.243 e. The first kappa shape index (κ1) is 20.4. The van der Waals surface area contributed by atoms with Gasteiger partial charge in [0.25, 0.3) is 0 Å². The number of nitrogens with one attached hydrogen (secondary N) is 2. The second-order valence-electron chi connectivity index (χ2n) is 7.80. The molecule has 0 bridgehead atoms. The predicted molar refractivity (Wildman–Crippen MR) is 106 cm³/mol. The van der Waals surface area contributed by atoms with E-state index in [2.05, 4.69) is 15.5 Å². The van der Waals surface area contributed by atoms with Crippen molar-refractivity contribution in [3.05, 3.63) is 28.8 Å². The third-order valence-corrected chi connectivity index (χ3v) is 5.10. The lowest BCUT2D eigenvalue weighted by Gasteiger charge is -2.26. The van der Waals surface area contributed by atoms with Gasteiger partial charge in [0.05, 0.1) is 13.1 Å². The van der Waals surface area contributed by atoms with Crippen LogP contribution in [0.3, 0.4) is 0 Å². The van der Waals surface area contributed by atoms with Crippen LogP contribution in [0.25, 0.3) is 0 Å². The normalized spacial score (nSPS) is 15.1. The van der Waals surface area contributed by atoms with Gasteiger partial charge in [0.2, 0.25) is 11.8 Å². The SMILES string of the molecule is Cc1cc(C)c(NC(=O)CNC(=O)CN(C)CC2CCCCC2)c(C)c1. The zero-order chi connectivity index (χ0) is 19.1. The number of carbonyl (C=O) groups is 2. The number of nitrogens with zero attached hydrogens (tertiary/aromatic N) is 1. The Morgan fingerprint density at radius 1 is 1.04 bits per heavy atom. The highest BCUT2D eigenvalue weighted by molar-refractivity contribution is 5.96. The van der Waals surface area contributed by atoms with Crippen molar-refractivity contribution in [3.63, 3.8) is 0 Å². The van der Waals surface area contributed by atoms with Crippen LogP contribution < -0.4 is 10.6 Å². The van der Waals surface area contributed by atoms with Gasteiger partial charge in [0, 0.05) is 12.2 Å². The van der Waals surface area contributed by atoms with Crippen LogP contribution in [0.4, 0.5) is 5.69 Å². The fourth-order valence-corrected chi connectivity index (χ4v) is 3.92. The van der Waals surface area contributed by atoms with Crippen molar-refractivity contribution in [2.45, 2.75) is 52.9 Å². The maximum absolute atomic E-state index is 12.2. The van der Waals surface area contributed by atoms with Gasteiger partial charge in [0.1, 0.15) is 0 Å². The van der Waals surface area contributed by atoms with Crippen molar-refractivity contribution in [2.24, 2.45) is 5.92 Å². The second-order valence-corrected chi connectivity index (χ2v) is 7.80. The number of aryl methyl sites for hydroxylation is 3. The molecule has 0 heterocycles. The number of carbonyl (C=O) groups excluding carboxylic acids is 2. The van der Waals surface area contributed by atoms with Gasteiger partial charge < -0.3 is 10.6 Å². The Bertz CT molecular complexity index is 613. The fourth-order valence-electron chi connectivity index (χ4n) is 3.92. The summed E-state index contributed by atoms with van der Waals surface area (Å²) < 4.78 is 0. The minimum Gasteiger partial charge on any atom is -0.346 e. The van der Waals surface area contributed by atoms with Gasteiger partial charge in [-0.25, -0.2) is 0 Å². The quantitative estimate of drug-likeness (QED) is 0.786. The van der Waals surface area contributed by atoms with E-state index in [4.69, 9.17) is 0 Å². The molecule has 1 aromatic carbocycles. The second kappa shape index (κ2) is 9.72. The molecule has 0 saturated heterocycles. The third kappa shape index (κ3) is 6.45. The molecule has 2 rings (SSSR count). The van der Waals surface area contributed by atoms with Crippen LogP contribution in [0.5, 0.6) is 0 Å². The van der Waals surface area contributed by atoms with Crippen molar-refractivity contribution < 1.29 is 9.59 Å². The molecule has 5 heteroatoms. The minimum atomic E-state index is -0.191. The summed E-state index contributed by atoms with van der Waals surface area (Å²) in [7, 11) is 1.98. The molecule has 0 atom stereocenters. The molecule has 1 fully saturated rings. The Balaban J connectivity index is 1.73. The van der Waals surface area contributed by atoms with Gasteiger partial charge in [-0.3, -0.25) is 14.5 Å². The van der Waals surface area contributed by atoms with Crippen molar-refractivity contribution >= 4 is 17.5 Å². The van der Waals surface area contributed by atoms with Gasteiger partial charge in [0.15, 0.2) is 0 Å². The molecule has 26 heavy (non-hydrogen) atoms. The van der Waals surface area contributed by atoms with Gasteiger partial charge in [-0.1, -0.05) is 37.0 Å². The Kier molecular flexibility index (Phi) is 7.64. The van der Waals surface area contributed by atoms with Gasteiger partial charge >= 0.3 is 0 Å². The first-order chi connectivity index (χ1) is 12.3. The zero-order valence-electron chi connectivity index (χ0n) is 16.7. The number of hydrogen-bond donors (Lipinski definition) is 2. The van der Waals surface area contributed by atoms with E-state index in [0.717, 1.165) is 23.4 Å². The largest absolute Gasteiger partial charge is 0.346 e. The molecule has 0 unspecified atom stereocenters. The van der Waals surface area contributed by atoms with E-state index in [1.807, 2.05) is 40.0 Å². The van der Waals surface area contributed by atoms with Crippen LogP contribution in [-0.2, 0) is 9.59 Å². The standard InChI is InChI=1S/C21H33N3O2/c1-15-10-16(2)21(17(3)11-15)23-19(25)12-22-20(26)14-24(4)13-18-8-6-5-7-9-18/h10-11,18H,5-9,12-14H2,1-4H3,(H,22,26)(H,23,25). The highest BCUT2D eigenvalue weighted by Gasteiger charge is 2.17. The predicted octanol–water partition coefficient (Wildman–Crippen LogP) is 3.18. The Morgan fingerprint density at radius 2 is 1.65 bits per heavy atom. The van der Waals surface area contributed by atoms with Crippen molar-refractivity contribution in [3.8, 4) is 0 Å². The van der Waals surface area contributed by atoms with Gasteiger partial charge in [-0.05, 0) is 57.7 Å². The number of benzene rings is 1. The number of amides is 2. The van der Waals surface area contributed by atoms with Crippen LogP contribution in [0.2, 0.25) is 0 Å².